The van der Waals surface area contributed by atoms with Gasteiger partial charge in [0.15, 0.2) is 0 Å². The number of amides is 1. The van der Waals surface area contributed by atoms with Gasteiger partial charge in [0.25, 0.3) is 5.91 Å². The molecule has 0 unspecified atom stereocenters. The molecule has 1 N–H and O–H groups in total. The molecular weight excluding hydrogens is 312 g/mol. The Balaban J connectivity index is 1.65. The zero-order valence-electron chi connectivity index (χ0n) is 15.0. The molecule has 0 spiro atoms. The van der Waals surface area contributed by atoms with Crippen LogP contribution in [0.2, 0.25) is 0 Å². The summed E-state index contributed by atoms with van der Waals surface area (Å²) < 4.78 is 5.76. The SMILES string of the molecule is CC(C)Oc1ccccc1NC(=O)c1ccc(CN2CCCC2)cc1. The fraction of sp³-hybridized carbons (Fsp3) is 0.381. The van der Waals surface area contributed by atoms with Crippen molar-refractivity contribution in [3.05, 3.63) is 59.7 Å². The van der Waals surface area contributed by atoms with E-state index in [0.29, 0.717) is 17.0 Å². The molecule has 3 rings (SSSR count). The van der Waals surface area contributed by atoms with Crippen LogP contribution in [-0.2, 0) is 6.54 Å². The van der Waals surface area contributed by atoms with Crippen molar-refractivity contribution in [3.63, 3.8) is 0 Å². The van der Waals surface area contributed by atoms with Crippen molar-refractivity contribution >= 4 is 11.6 Å². The number of carbonyl (C=O) groups is 1. The summed E-state index contributed by atoms with van der Waals surface area (Å²) in [7, 11) is 0. The summed E-state index contributed by atoms with van der Waals surface area (Å²) in [5.74, 6) is 0.573. The Morgan fingerprint density at radius 1 is 1.08 bits per heavy atom. The van der Waals surface area contributed by atoms with Crippen molar-refractivity contribution in [1.82, 2.24) is 4.90 Å². The van der Waals surface area contributed by atoms with Crippen LogP contribution < -0.4 is 10.1 Å². The zero-order chi connectivity index (χ0) is 17.6. The van der Waals surface area contributed by atoms with Gasteiger partial charge >= 0.3 is 0 Å². The predicted octanol–water partition coefficient (Wildman–Crippen LogP) is 4.32. The van der Waals surface area contributed by atoms with E-state index in [-0.39, 0.29) is 12.0 Å². The van der Waals surface area contributed by atoms with Crippen LogP contribution in [0.1, 0.15) is 42.6 Å². The smallest absolute Gasteiger partial charge is 0.255 e. The molecule has 0 aliphatic carbocycles. The lowest BCUT2D eigenvalue weighted by atomic mass is 10.1. The van der Waals surface area contributed by atoms with Crippen molar-refractivity contribution in [3.8, 4) is 5.75 Å². The number of benzene rings is 2. The van der Waals surface area contributed by atoms with E-state index in [1.165, 1.54) is 31.5 Å². The minimum absolute atomic E-state index is 0.0583. The lowest BCUT2D eigenvalue weighted by molar-refractivity contribution is 0.102. The second-order valence-electron chi connectivity index (χ2n) is 6.80. The summed E-state index contributed by atoms with van der Waals surface area (Å²) in [6.07, 6.45) is 2.64. The lowest BCUT2D eigenvalue weighted by Gasteiger charge is -2.16. The normalized spacial score (nSPS) is 14.7. The molecule has 0 atom stereocenters. The number of nitrogens with zero attached hydrogens (tertiary/aromatic N) is 1. The summed E-state index contributed by atoms with van der Waals surface area (Å²) in [4.78, 5) is 15.0. The molecule has 1 saturated heterocycles. The van der Waals surface area contributed by atoms with Gasteiger partial charge in [-0.15, -0.1) is 0 Å². The maximum atomic E-state index is 12.5. The number of nitrogens with one attached hydrogen (secondary N) is 1. The minimum atomic E-state index is -0.118. The molecule has 0 aromatic heterocycles. The molecule has 2 aromatic rings. The van der Waals surface area contributed by atoms with E-state index in [9.17, 15) is 4.79 Å². The van der Waals surface area contributed by atoms with Crippen LogP contribution in [0.3, 0.4) is 0 Å². The van der Waals surface area contributed by atoms with Crippen LogP contribution in [0.25, 0.3) is 0 Å². The molecule has 25 heavy (non-hydrogen) atoms. The highest BCUT2D eigenvalue weighted by Gasteiger charge is 2.13. The first-order chi connectivity index (χ1) is 12.1. The Morgan fingerprint density at radius 2 is 1.76 bits per heavy atom. The average molecular weight is 338 g/mol. The Morgan fingerprint density at radius 3 is 2.44 bits per heavy atom. The van der Waals surface area contributed by atoms with Gasteiger partial charge in [0.1, 0.15) is 5.75 Å². The predicted molar refractivity (Wildman–Crippen MR) is 101 cm³/mol. The van der Waals surface area contributed by atoms with Crippen LogP contribution >= 0.6 is 0 Å². The molecule has 132 valence electrons. The molecule has 1 aliphatic rings. The first-order valence-electron chi connectivity index (χ1n) is 9.00. The minimum Gasteiger partial charge on any atom is -0.489 e. The van der Waals surface area contributed by atoms with Crippen molar-refractivity contribution in [2.24, 2.45) is 0 Å². The Labute approximate surface area is 149 Å². The Hall–Kier alpha value is -2.33. The first-order valence-corrected chi connectivity index (χ1v) is 9.00. The van der Waals surface area contributed by atoms with Gasteiger partial charge < -0.3 is 10.1 Å². The van der Waals surface area contributed by atoms with Gasteiger partial charge in [-0.25, -0.2) is 0 Å². The van der Waals surface area contributed by atoms with E-state index in [4.69, 9.17) is 4.74 Å². The molecule has 1 heterocycles. The van der Waals surface area contributed by atoms with Gasteiger partial charge in [0.05, 0.1) is 11.8 Å². The molecule has 0 radical (unpaired) electrons. The van der Waals surface area contributed by atoms with Crippen molar-refractivity contribution in [1.29, 1.82) is 0 Å². The number of ether oxygens (including phenoxy) is 1. The highest BCUT2D eigenvalue weighted by molar-refractivity contribution is 6.05. The third kappa shape index (κ3) is 4.83. The van der Waals surface area contributed by atoms with Gasteiger partial charge in [-0.05, 0) is 69.6 Å². The summed E-state index contributed by atoms with van der Waals surface area (Å²) >= 11 is 0. The van der Waals surface area contributed by atoms with Gasteiger partial charge in [0.2, 0.25) is 0 Å². The summed E-state index contributed by atoms with van der Waals surface area (Å²) in [6.45, 7) is 7.26. The van der Waals surface area contributed by atoms with Crippen molar-refractivity contribution < 1.29 is 9.53 Å². The number of carbonyl (C=O) groups excluding carboxylic acids is 1. The number of para-hydroxylation sites is 2. The molecule has 0 bridgehead atoms. The Kier molecular flexibility index (Phi) is 5.71. The van der Waals surface area contributed by atoms with Gasteiger partial charge in [-0.3, -0.25) is 9.69 Å². The summed E-state index contributed by atoms with van der Waals surface area (Å²) in [5, 5.41) is 2.95. The van der Waals surface area contributed by atoms with Crippen molar-refractivity contribution in [2.45, 2.75) is 39.3 Å². The molecule has 0 saturated carbocycles. The van der Waals surface area contributed by atoms with E-state index >= 15 is 0 Å². The molecule has 1 aliphatic heterocycles. The third-order valence-corrected chi connectivity index (χ3v) is 4.32. The van der Waals surface area contributed by atoms with Gasteiger partial charge in [-0.1, -0.05) is 24.3 Å². The molecule has 2 aromatic carbocycles. The van der Waals surface area contributed by atoms with Crippen LogP contribution in [-0.4, -0.2) is 30.0 Å². The average Bonchev–Trinajstić information content (AvgIpc) is 3.10. The van der Waals surface area contributed by atoms with E-state index in [1.807, 2.05) is 62.4 Å². The largest absolute Gasteiger partial charge is 0.489 e. The topological polar surface area (TPSA) is 41.6 Å². The number of hydrogen-bond acceptors (Lipinski definition) is 3. The Bertz CT molecular complexity index is 704. The van der Waals surface area contributed by atoms with Crippen LogP contribution in [0.15, 0.2) is 48.5 Å². The standard InChI is InChI=1S/C21H26N2O2/c1-16(2)25-20-8-4-3-7-19(20)22-21(24)18-11-9-17(10-12-18)15-23-13-5-6-14-23/h3-4,7-12,16H,5-6,13-15H2,1-2H3,(H,22,24). The maximum Gasteiger partial charge on any atom is 0.255 e. The third-order valence-electron chi connectivity index (χ3n) is 4.32. The quantitative estimate of drug-likeness (QED) is 0.853. The van der Waals surface area contributed by atoms with Crippen LogP contribution in [0.4, 0.5) is 5.69 Å². The van der Waals surface area contributed by atoms with E-state index in [1.54, 1.807) is 0 Å². The second-order valence-corrected chi connectivity index (χ2v) is 6.80. The van der Waals surface area contributed by atoms with Crippen LogP contribution in [0.5, 0.6) is 5.75 Å². The highest BCUT2D eigenvalue weighted by Crippen LogP contribution is 2.25. The fourth-order valence-electron chi connectivity index (χ4n) is 3.08. The van der Waals surface area contributed by atoms with E-state index < -0.39 is 0 Å². The molecular formula is C21H26N2O2. The van der Waals surface area contributed by atoms with Gasteiger partial charge in [0, 0.05) is 12.1 Å². The molecule has 4 heteroatoms. The summed E-state index contributed by atoms with van der Waals surface area (Å²) in [5.41, 5.74) is 2.61. The lowest BCUT2D eigenvalue weighted by Crippen LogP contribution is -2.18. The van der Waals surface area contributed by atoms with Gasteiger partial charge in [-0.2, -0.15) is 0 Å². The molecule has 1 fully saturated rings. The van der Waals surface area contributed by atoms with Crippen molar-refractivity contribution in [2.75, 3.05) is 18.4 Å². The second kappa shape index (κ2) is 8.17. The highest BCUT2D eigenvalue weighted by atomic mass is 16.5. The number of likely N-dealkylation sites (tertiary alicyclic amines) is 1. The number of rotatable bonds is 6. The van der Waals surface area contributed by atoms with Crippen LogP contribution in [0, 0.1) is 0 Å². The molecule has 1 amide bonds. The zero-order valence-corrected chi connectivity index (χ0v) is 15.0. The van der Waals surface area contributed by atoms with E-state index in [2.05, 4.69) is 10.2 Å². The summed E-state index contributed by atoms with van der Waals surface area (Å²) in [6, 6.07) is 15.4. The monoisotopic (exact) mass is 338 g/mol. The van der Waals surface area contributed by atoms with E-state index in [0.717, 1.165) is 6.54 Å². The first kappa shape index (κ1) is 17.5. The molecule has 4 nitrogen and oxygen atoms in total. The number of anilines is 1. The number of hydrogen-bond donors (Lipinski definition) is 1. The maximum absolute atomic E-state index is 12.5. The fourth-order valence-corrected chi connectivity index (χ4v) is 3.08.